The molecule has 17 heavy (non-hydrogen) atoms. The number of nitrogens with one attached hydrogen (secondary N) is 1. The first-order chi connectivity index (χ1) is 8.09. The Labute approximate surface area is 106 Å². The summed E-state index contributed by atoms with van der Waals surface area (Å²) >= 11 is 1.64. The first kappa shape index (κ1) is 13.0. The van der Waals surface area contributed by atoms with Gasteiger partial charge in [-0.25, -0.2) is 13.4 Å². The Bertz CT molecular complexity index is 468. The molecule has 1 aromatic heterocycles. The number of aromatic nitrogens is 1. The number of nitrogens with zero attached hydrogens (tertiary/aromatic N) is 1. The fourth-order valence-corrected chi connectivity index (χ4v) is 4.92. The van der Waals surface area contributed by atoms with Gasteiger partial charge in [0.05, 0.1) is 22.2 Å². The lowest BCUT2D eigenvalue weighted by Gasteiger charge is -2.20. The predicted molar refractivity (Wildman–Crippen MR) is 70.0 cm³/mol. The molecule has 0 aromatic carbocycles. The van der Waals surface area contributed by atoms with E-state index in [0.717, 1.165) is 36.5 Å². The molecule has 0 amide bonds. The van der Waals surface area contributed by atoms with Crippen LogP contribution in [0.25, 0.3) is 0 Å². The standard InChI is InChI=1S/C11H18N2O2S2/c1-12-6-10-7-16-11(13-10)5-9-3-2-4-17(14,15)8-9/h7,9,12H,2-6,8H2,1H3. The van der Waals surface area contributed by atoms with Gasteiger partial charge in [-0.2, -0.15) is 0 Å². The number of hydrogen-bond donors (Lipinski definition) is 1. The van der Waals surface area contributed by atoms with Gasteiger partial charge in [0.25, 0.3) is 0 Å². The Morgan fingerprint density at radius 1 is 1.59 bits per heavy atom. The summed E-state index contributed by atoms with van der Waals surface area (Å²) < 4.78 is 23.1. The van der Waals surface area contributed by atoms with E-state index in [0.29, 0.717) is 11.5 Å². The van der Waals surface area contributed by atoms with Crippen LogP contribution in [0.2, 0.25) is 0 Å². The molecule has 6 heteroatoms. The third-order valence-corrected chi connectivity index (χ3v) is 5.79. The fraction of sp³-hybridized carbons (Fsp3) is 0.727. The van der Waals surface area contributed by atoms with E-state index in [9.17, 15) is 8.42 Å². The summed E-state index contributed by atoms with van der Waals surface area (Å²) in [6.07, 6.45) is 2.63. The van der Waals surface area contributed by atoms with Gasteiger partial charge in [-0.1, -0.05) is 0 Å². The van der Waals surface area contributed by atoms with Crippen molar-refractivity contribution >= 4 is 21.2 Å². The van der Waals surface area contributed by atoms with Gasteiger partial charge in [-0.3, -0.25) is 0 Å². The van der Waals surface area contributed by atoms with Crippen molar-refractivity contribution in [3.8, 4) is 0 Å². The number of sulfone groups is 1. The lowest BCUT2D eigenvalue weighted by Crippen LogP contribution is -2.26. The zero-order valence-corrected chi connectivity index (χ0v) is 11.6. The van der Waals surface area contributed by atoms with Gasteiger partial charge < -0.3 is 5.32 Å². The van der Waals surface area contributed by atoms with Crippen molar-refractivity contribution in [1.29, 1.82) is 0 Å². The summed E-state index contributed by atoms with van der Waals surface area (Å²) in [5.41, 5.74) is 1.05. The summed E-state index contributed by atoms with van der Waals surface area (Å²) in [7, 11) is -0.895. The summed E-state index contributed by atoms with van der Waals surface area (Å²) in [4.78, 5) is 4.50. The zero-order chi connectivity index (χ0) is 12.3. The average Bonchev–Trinajstić information content (AvgIpc) is 2.64. The largest absolute Gasteiger partial charge is 0.314 e. The Morgan fingerprint density at radius 3 is 3.12 bits per heavy atom. The van der Waals surface area contributed by atoms with Crippen LogP contribution in [0, 0.1) is 5.92 Å². The van der Waals surface area contributed by atoms with E-state index in [4.69, 9.17) is 0 Å². The van der Waals surface area contributed by atoms with Crippen LogP contribution in [-0.4, -0.2) is 32.0 Å². The number of rotatable bonds is 4. The molecule has 1 N–H and O–H groups in total. The van der Waals surface area contributed by atoms with Crippen LogP contribution in [0.4, 0.5) is 0 Å². The highest BCUT2D eigenvalue weighted by molar-refractivity contribution is 7.91. The predicted octanol–water partition coefficient (Wildman–Crippen LogP) is 1.23. The van der Waals surface area contributed by atoms with Crippen molar-refractivity contribution in [3.05, 3.63) is 16.1 Å². The first-order valence-corrected chi connectivity index (χ1v) is 8.57. The molecule has 0 bridgehead atoms. The van der Waals surface area contributed by atoms with E-state index in [2.05, 4.69) is 10.3 Å². The first-order valence-electron chi connectivity index (χ1n) is 5.87. The van der Waals surface area contributed by atoms with Crippen LogP contribution >= 0.6 is 11.3 Å². The molecule has 1 saturated heterocycles. The SMILES string of the molecule is CNCc1csc(CC2CCCS(=O)(=O)C2)n1. The second-order valence-electron chi connectivity index (χ2n) is 4.59. The minimum atomic E-state index is -2.79. The summed E-state index contributed by atoms with van der Waals surface area (Å²) in [5, 5.41) is 6.17. The van der Waals surface area contributed by atoms with E-state index in [-0.39, 0.29) is 5.92 Å². The van der Waals surface area contributed by atoms with Crippen molar-refractivity contribution < 1.29 is 8.42 Å². The average molecular weight is 274 g/mol. The Morgan fingerprint density at radius 2 is 2.41 bits per heavy atom. The Balaban J connectivity index is 1.95. The molecule has 0 saturated carbocycles. The van der Waals surface area contributed by atoms with Crippen LogP contribution in [0.3, 0.4) is 0 Å². The maximum atomic E-state index is 11.5. The maximum absolute atomic E-state index is 11.5. The molecular weight excluding hydrogens is 256 g/mol. The van der Waals surface area contributed by atoms with Crippen molar-refractivity contribution in [2.75, 3.05) is 18.6 Å². The van der Waals surface area contributed by atoms with E-state index >= 15 is 0 Å². The number of hydrogen-bond acceptors (Lipinski definition) is 5. The molecule has 1 aliphatic heterocycles. The summed E-state index contributed by atoms with van der Waals surface area (Å²) in [5.74, 6) is 0.975. The number of thiazole rings is 1. The van der Waals surface area contributed by atoms with Gasteiger partial charge in [0.1, 0.15) is 0 Å². The van der Waals surface area contributed by atoms with E-state index in [1.807, 2.05) is 12.4 Å². The Kier molecular flexibility index (Phi) is 4.17. The second kappa shape index (κ2) is 5.46. The molecule has 0 radical (unpaired) electrons. The highest BCUT2D eigenvalue weighted by Crippen LogP contribution is 2.23. The van der Waals surface area contributed by atoms with Crippen molar-refractivity contribution in [1.82, 2.24) is 10.3 Å². The topological polar surface area (TPSA) is 59.1 Å². The molecule has 1 aromatic rings. The van der Waals surface area contributed by atoms with Gasteiger partial charge in [0.15, 0.2) is 9.84 Å². The smallest absolute Gasteiger partial charge is 0.150 e. The van der Waals surface area contributed by atoms with Crippen LogP contribution < -0.4 is 5.32 Å². The Hall–Kier alpha value is -0.460. The molecular formula is C11H18N2O2S2. The molecule has 2 rings (SSSR count). The molecule has 1 unspecified atom stereocenters. The van der Waals surface area contributed by atoms with E-state index in [1.54, 1.807) is 11.3 Å². The minimum Gasteiger partial charge on any atom is -0.314 e. The van der Waals surface area contributed by atoms with Gasteiger partial charge in [0.2, 0.25) is 0 Å². The quantitative estimate of drug-likeness (QED) is 0.897. The van der Waals surface area contributed by atoms with Gasteiger partial charge in [0, 0.05) is 18.3 Å². The summed E-state index contributed by atoms with van der Waals surface area (Å²) in [6.45, 7) is 0.777. The lowest BCUT2D eigenvalue weighted by molar-refractivity contribution is 0.482. The van der Waals surface area contributed by atoms with Crippen molar-refractivity contribution in [2.24, 2.45) is 5.92 Å². The molecule has 1 aliphatic rings. The zero-order valence-electron chi connectivity index (χ0n) is 9.98. The summed E-state index contributed by atoms with van der Waals surface area (Å²) in [6, 6.07) is 0. The van der Waals surface area contributed by atoms with Crippen LogP contribution in [0.5, 0.6) is 0 Å². The molecule has 1 atom stereocenters. The van der Waals surface area contributed by atoms with Crippen LogP contribution in [-0.2, 0) is 22.8 Å². The second-order valence-corrected chi connectivity index (χ2v) is 7.76. The van der Waals surface area contributed by atoms with Crippen LogP contribution in [0.1, 0.15) is 23.5 Å². The van der Waals surface area contributed by atoms with E-state index in [1.165, 1.54) is 0 Å². The molecule has 1 fully saturated rings. The molecule has 0 spiro atoms. The highest BCUT2D eigenvalue weighted by Gasteiger charge is 2.25. The van der Waals surface area contributed by atoms with Gasteiger partial charge in [-0.05, 0) is 25.8 Å². The maximum Gasteiger partial charge on any atom is 0.150 e. The molecule has 0 aliphatic carbocycles. The third kappa shape index (κ3) is 3.76. The fourth-order valence-electron chi connectivity index (χ4n) is 2.23. The van der Waals surface area contributed by atoms with Crippen LogP contribution in [0.15, 0.2) is 5.38 Å². The molecule has 4 nitrogen and oxygen atoms in total. The molecule has 2 heterocycles. The normalized spacial score (nSPS) is 23.7. The van der Waals surface area contributed by atoms with Crippen molar-refractivity contribution in [2.45, 2.75) is 25.8 Å². The molecule has 96 valence electrons. The minimum absolute atomic E-state index is 0.266. The third-order valence-electron chi connectivity index (χ3n) is 2.98. The monoisotopic (exact) mass is 274 g/mol. The highest BCUT2D eigenvalue weighted by atomic mass is 32.2. The van der Waals surface area contributed by atoms with Crippen molar-refractivity contribution in [3.63, 3.8) is 0 Å². The van der Waals surface area contributed by atoms with E-state index < -0.39 is 9.84 Å². The lowest BCUT2D eigenvalue weighted by atomic mass is 10.0. The van der Waals surface area contributed by atoms with Gasteiger partial charge >= 0.3 is 0 Å². The van der Waals surface area contributed by atoms with Gasteiger partial charge in [-0.15, -0.1) is 11.3 Å².